The molecule has 0 saturated heterocycles. The Morgan fingerprint density at radius 2 is 2.00 bits per heavy atom. The summed E-state index contributed by atoms with van der Waals surface area (Å²) < 4.78 is 11.8. The predicted octanol–water partition coefficient (Wildman–Crippen LogP) is 3.87. The Balaban J connectivity index is 2.09. The Kier molecular flexibility index (Phi) is 5.00. The zero-order valence-corrected chi connectivity index (χ0v) is 13.5. The highest BCUT2D eigenvalue weighted by Gasteiger charge is 2.13. The third-order valence-electron chi connectivity index (χ3n) is 2.82. The quantitative estimate of drug-likeness (QED) is 0.582. The van der Waals surface area contributed by atoms with Gasteiger partial charge in [-0.1, -0.05) is 12.1 Å². The molecule has 0 fully saturated rings. The van der Waals surface area contributed by atoms with Crippen molar-refractivity contribution in [1.82, 2.24) is 0 Å². The van der Waals surface area contributed by atoms with Gasteiger partial charge in [-0.25, -0.2) is 0 Å². The maximum absolute atomic E-state index is 12.2. The van der Waals surface area contributed by atoms with Crippen LogP contribution in [0.3, 0.4) is 0 Å². The summed E-state index contributed by atoms with van der Waals surface area (Å²) in [6.07, 6.45) is 0. The molecule has 0 aliphatic rings. The molecule has 0 bridgehead atoms. The number of halogens is 1. The number of hydrogen-bond donors (Lipinski definition) is 0. The maximum atomic E-state index is 12.2. The molecule has 0 atom stereocenters. The third kappa shape index (κ3) is 3.72. The average molecular weight is 382 g/mol. The highest BCUT2D eigenvalue weighted by atomic mass is 127. The van der Waals surface area contributed by atoms with Gasteiger partial charge in [0.1, 0.15) is 11.5 Å². The lowest BCUT2D eigenvalue weighted by atomic mass is 10.1. The molecular formula is C16H15IO3. The molecular weight excluding hydrogens is 367 g/mol. The molecule has 20 heavy (non-hydrogen) atoms. The van der Waals surface area contributed by atoms with Gasteiger partial charge < -0.3 is 9.47 Å². The van der Waals surface area contributed by atoms with Crippen LogP contribution in [0.5, 0.6) is 11.5 Å². The van der Waals surface area contributed by atoms with E-state index in [4.69, 9.17) is 9.47 Å². The Hall–Kier alpha value is -1.56. The van der Waals surface area contributed by atoms with Crippen LogP contribution in [0.15, 0.2) is 42.5 Å². The first kappa shape index (κ1) is 14.8. The van der Waals surface area contributed by atoms with Gasteiger partial charge in [-0.2, -0.15) is 0 Å². The monoisotopic (exact) mass is 382 g/mol. The smallest absolute Gasteiger partial charge is 0.203 e. The molecule has 2 aromatic rings. The van der Waals surface area contributed by atoms with E-state index in [-0.39, 0.29) is 12.4 Å². The van der Waals surface area contributed by atoms with Crippen molar-refractivity contribution in [3.63, 3.8) is 0 Å². The van der Waals surface area contributed by atoms with Gasteiger partial charge in [0.2, 0.25) is 5.78 Å². The molecule has 0 N–H and O–H groups in total. The van der Waals surface area contributed by atoms with Gasteiger partial charge in [0.25, 0.3) is 0 Å². The fraction of sp³-hybridized carbons (Fsp3) is 0.188. The number of carbonyl (C=O) groups excluding carboxylic acids is 1. The van der Waals surface area contributed by atoms with Crippen molar-refractivity contribution in [3.05, 3.63) is 57.2 Å². The summed E-state index contributed by atoms with van der Waals surface area (Å²) in [6.45, 7) is 1.96. The van der Waals surface area contributed by atoms with Crippen molar-refractivity contribution < 1.29 is 14.3 Å². The van der Waals surface area contributed by atoms with E-state index in [1.54, 1.807) is 13.2 Å². The predicted molar refractivity (Wildman–Crippen MR) is 86.7 cm³/mol. The summed E-state index contributed by atoms with van der Waals surface area (Å²) in [7, 11) is 1.56. The Bertz CT molecular complexity index is 623. The molecule has 0 aliphatic heterocycles. The average Bonchev–Trinajstić information content (AvgIpc) is 2.44. The number of methoxy groups -OCH3 is 1. The van der Waals surface area contributed by atoms with Gasteiger partial charge in [-0.3, -0.25) is 4.79 Å². The van der Waals surface area contributed by atoms with E-state index in [0.717, 1.165) is 9.13 Å². The SMILES string of the molecule is COc1cc(C)ccc1C(=O)COc1cccc(I)c1. The van der Waals surface area contributed by atoms with Gasteiger partial charge in [-0.15, -0.1) is 0 Å². The minimum absolute atomic E-state index is 0.000482. The molecule has 0 saturated carbocycles. The third-order valence-corrected chi connectivity index (χ3v) is 3.49. The standard InChI is InChI=1S/C16H15IO3/c1-11-6-7-14(16(8-11)19-2)15(18)10-20-13-5-3-4-12(17)9-13/h3-9H,10H2,1-2H3. The summed E-state index contributed by atoms with van der Waals surface area (Å²) in [6, 6.07) is 13.1. The minimum atomic E-state index is -0.0966. The van der Waals surface area contributed by atoms with Gasteiger partial charge in [0.05, 0.1) is 12.7 Å². The number of hydrogen-bond acceptors (Lipinski definition) is 3. The summed E-state index contributed by atoms with van der Waals surface area (Å²) >= 11 is 2.20. The second-order valence-electron chi connectivity index (χ2n) is 4.37. The fourth-order valence-corrected chi connectivity index (χ4v) is 2.33. The largest absolute Gasteiger partial charge is 0.496 e. The second-order valence-corrected chi connectivity index (χ2v) is 5.62. The molecule has 0 unspecified atom stereocenters. The van der Waals surface area contributed by atoms with E-state index in [0.29, 0.717) is 17.1 Å². The van der Waals surface area contributed by atoms with Crippen LogP contribution in [0.4, 0.5) is 0 Å². The normalized spacial score (nSPS) is 10.2. The number of Topliss-reactive ketones (excluding diaryl/α,β-unsaturated/α-hetero) is 1. The number of carbonyl (C=O) groups is 1. The van der Waals surface area contributed by atoms with Crippen LogP contribution in [0, 0.1) is 10.5 Å². The summed E-state index contributed by atoms with van der Waals surface area (Å²) in [5, 5.41) is 0. The number of aryl methyl sites for hydroxylation is 1. The van der Waals surface area contributed by atoms with Crippen LogP contribution in [-0.4, -0.2) is 19.5 Å². The van der Waals surface area contributed by atoms with Crippen molar-refractivity contribution in [2.24, 2.45) is 0 Å². The van der Waals surface area contributed by atoms with E-state index >= 15 is 0 Å². The molecule has 0 aromatic heterocycles. The molecule has 0 spiro atoms. The van der Waals surface area contributed by atoms with Crippen molar-refractivity contribution in [3.8, 4) is 11.5 Å². The minimum Gasteiger partial charge on any atom is -0.496 e. The van der Waals surface area contributed by atoms with Crippen LogP contribution < -0.4 is 9.47 Å². The first-order valence-electron chi connectivity index (χ1n) is 6.16. The zero-order valence-electron chi connectivity index (χ0n) is 11.4. The van der Waals surface area contributed by atoms with E-state index in [2.05, 4.69) is 22.6 Å². The van der Waals surface area contributed by atoms with E-state index in [9.17, 15) is 4.79 Å². The van der Waals surface area contributed by atoms with Crippen molar-refractivity contribution >= 4 is 28.4 Å². The summed E-state index contributed by atoms with van der Waals surface area (Å²) in [4.78, 5) is 12.2. The van der Waals surface area contributed by atoms with Gasteiger partial charge >= 0.3 is 0 Å². The number of benzene rings is 2. The summed E-state index contributed by atoms with van der Waals surface area (Å²) in [5.41, 5.74) is 1.60. The maximum Gasteiger partial charge on any atom is 0.203 e. The molecule has 3 nitrogen and oxygen atoms in total. The van der Waals surface area contributed by atoms with E-state index in [1.807, 2.05) is 43.3 Å². The molecule has 0 radical (unpaired) electrons. The summed E-state index contributed by atoms with van der Waals surface area (Å²) in [5.74, 6) is 1.18. The first-order valence-corrected chi connectivity index (χ1v) is 7.24. The topological polar surface area (TPSA) is 35.5 Å². The lowest BCUT2D eigenvalue weighted by molar-refractivity contribution is 0.0918. The lowest BCUT2D eigenvalue weighted by Crippen LogP contribution is -2.13. The molecule has 4 heteroatoms. The molecule has 2 aromatic carbocycles. The van der Waals surface area contributed by atoms with Crippen molar-refractivity contribution in [2.75, 3.05) is 13.7 Å². The van der Waals surface area contributed by atoms with Gasteiger partial charge in [-0.05, 0) is 65.4 Å². The highest BCUT2D eigenvalue weighted by molar-refractivity contribution is 14.1. The number of ketones is 1. The lowest BCUT2D eigenvalue weighted by Gasteiger charge is -2.10. The van der Waals surface area contributed by atoms with Crippen molar-refractivity contribution in [1.29, 1.82) is 0 Å². The molecule has 104 valence electrons. The van der Waals surface area contributed by atoms with Crippen LogP contribution in [0.1, 0.15) is 15.9 Å². The molecule has 0 amide bonds. The van der Waals surface area contributed by atoms with Gasteiger partial charge in [0, 0.05) is 3.57 Å². The fourth-order valence-electron chi connectivity index (χ4n) is 1.81. The number of rotatable bonds is 5. The van der Waals surface area contributed by atoms with Crippen LogP contribution in [-0.2, 0) is 0 Å². The van der Waals surface area contributed by atoms with Gasteiger partial charge in [0.15, 0.2) is 6.61 Å². The highest BCUT2D eigenvalue weighted by Crippen LogP contribution is 2.21. The van der Waals surface area contributed by atoms with E-state index in [1.165, 1.54) is 0 Å². The molecule has 0 heterocycles. The van der Waals surface area contributed by atoms with E-state index < -0.39 is 0 Å². The molecule has 0 aliphatic carbocycles. The second kappa shape index (κ2) is 6.74. The van der Waals surface area contributed by atoms with Crippen LogP contribution in [0.2, 0.25) is 0 Å². The van der Waals surface area contributed by atoms with Crippen molar-refractivity contribution in [2.45, 2.75) is 6.92 Å². The Labute approximate surface area is 132 Å². The Morgan fingerprint density at radius 3 is 2.70 bits per heavy atom. The van der Waals surface area contributed by atoms with Crippen LogP contribution >= 0.6 is 22.6 Å². The molecule has 2 rings (SSSR count). The Morgan fingerprint density at radius 1 is 1.20 bits per heavy atom. The number of ether oxygens (including phenoxy) is 2. The van der Waals surface area contributed by atoms with Crippen LogP contribution in [0.25, 0.3) is 0 Å². The first-order chi connectivity index (χ1) is 9.60. The zero-order chi connectivity index (χ0) is 14.5.